The molecule has 0 aliphatic carbocycles. The molecule has 3 rings (SSSR count). The molecule has 2 nitrogen and oxygen atoms in total. The standard InChI is InChI=1S/C24H21NO/c1-5-20-10-12-21(13-11-20)24(19(4)26,22-14-15-25-18(3)16-22)23-9-7-6-8-17(23)2/h1,6-16H,2-4H3/t24-/m0/s1. The summed E-state index contributed by atoms with van der Waals surface area (Å²) in [5.74, 6) is 2.70. The third-order valence-corrected chi connectivity index (χ3v) is 4.89. The number of aryl methyl sites for hydroxylation is 2. The number of hydrogen-bond donors (Lipinski definition) is 0. The molecule has 0 aliphatic rings. The van der Waals surface area contributed by atoms with Crippen LogP contribution < -0.4 is 0 Å². The van der Waals surface area contributed by atoms with E-state index < -0.39 is 5.41 Å². The first kappa shape index (κ1) is 17.6. The molecule has 1 atom stereocenters. The summed E-state index contributed by atoms with van der Waals surface area (Å²) in [7, 11) is 0. The molecule has 0 aliphatic heterocycles. The maximum atomic E-state index is 13.2. The number of benzene rings is 2. The summed E-state index contributed by atoms with van der Waals surface area (Å²) in [5, 5.41) is 0. The van der Waals surface area contributed by atoms with Gasteiger partial charge < -0.3 is 0 Å². The number of Topliss-reactive ketones (excluding diaryl/α,β-unsaturated/α-hetero) is 1. The lowest BCUT2D eigenvalue weighted by Gasteiger charge is -2.34. The fourth-order valence-corrected chi connectivity index (χ4v) is 3.66. The molecule has 0 saturated carbocycles. The smallest absolute Gasteiger partial charge is 0.149 e. The van der Waals surface area contributed by atoms with Gasteiger partial charge in [-0.25, -0.2) is 0 Å². The van der Waals surface area contributed by atoms with E-state index in [1.54, 1.807) is 13.1 Å². The van der Waals surface area contributed by atoms with Crippen molar-refractivity contribution in [2.45, 2.75) is 26.2 Å². The lowest BCUT2D eigenvalue weighted by atomic mass is 9.66. The van der Waals surface area contributed by atoms with E-state index in [0.717, 1.165) is 33.5 Å². The Morgan fingerprint density at radius 2 is 1.69 bits per heavy atom. The molecule has 0 fully saturated rings. The van der Waals surface area contributed by atoms with Gasteiger partial charge in [-0.2, -0.15) is 0 Å². The first-order valence-corrected chi connectivity index (χ1v) is 8.57. The summed E-state index contributed by atoms with van der Waals surface area (Å²) >= 11 is 0. The predicted molar refractivity (Wildman–Crippen MR) is 105 cm³/mol. The van der Waals surface area contributed by atoms with Crippen molar-refractivity contribution >= 4 is 5.78 Å². The van der Waals surface area contributed by atoms with Crippen molar-refractivity contribution in [1.82, 2.24) is 4.98 Å². The van der Waals surface area contributed by atoms with Gasteiger partial charge in [0.05, 0.1) is 0 Å². The van der Waals surface area contributed by atoms with E-state index in [1.807, 2.05) is 74.5 Å². The second-order valence-electron chi connectivity index (χ2n) is 6.53. The average molecular weight is 339 g/mol. The minimum absolute atomic E-state index is 0.0610. The normalized spacial score (nSPS) is 12.8. The summed E-state index contributed by atoms with van der Waals surface area (Å²) in [5.41, 5.74) is 4.64. The van der Waals surface area contributed by atoms with E-state index >= 15 is 0 Å². The Kier molecular flexibility index (Phi) is 4.73. The number of hydrogen-bond acceptors (Lipinski definition) is 2. The van der Waals surface area contributed by atoms with Crippen LogP contribution in [0.4, 0.5) is 0 Å². The predicted octanol–water partition coefficient (Wildman–Crippen LogP) is 4.60. The number of carbonyl (C=O) groups excluding carboxylic acids is 1. The fourth-order valence-electron chi connectivity index (χ4n) is 3.66. The van der Waals surface area contributed by atoms with Crippen LogP contribution in [-0.2, 0) is 10.2 Å². The summed E-state index contributed by atoms with van der Waals surface area (Å²) in [6.07, 6.45) is 7.27. The van der Waals surface area contributed by atoms with Crippen molar-refractivity contribution < 1.29 is 4.79 Å². The molecule has 0 radical (unpaired) electrons. The Bertz CT molecular complexity index is 995. The fraction of sp³-hybridized carbons (Fsp3) is 0.167. The van der Waals surface area contributed by atoms with Gasteiger partial charge in [-0.3, -0.25) is 9.78 Å². The number of rotatable bonds is 4. The molecule has 1 aromatic heterocycles. The van der Waals surface area contributed by atoms with Crippen molar-refractivity contribution in [3.8, 4) is 12.3 Å². The molecular weight excluding hydrogens is 318 g/mol. The Labute approximate surface area is 154 Å². The lowest BCUT2D eigenvalue weighted by Crippen LogP contribution is -2.37. The van der Waals surface area contributed by atoms with Gasteiger partial charge in [0.2, 0.25) is 0 Å². The zero-order chi connectivity index (χ0) is 18.7. The van der Waals surface area contributed by atoms with E-state index in [9.17, 15) is 4.79 Å². The minimum atomic E-state index is -0.897. The molecule has 26 heavy (non-hydrogen) atoms. The van der Waals surface area contributed by atoms with Crippen LogP contribution in [0.25, 0.3) is 0 Å². The highest BCUT2D eigenvalue weighted by atomic mass is 16.1. The summed E-state index contributed by atoms with van der Waals surface area (Å²) < 4.78 is 0. The minimum Gasteiger partial charge on any atom is -0.298 e. The van der Waals surface area contributed by atoms with Crippen LogP contribution >= 0.6 is 0 Å². The van der Waals surface area contributed by atoms with Crippen LogP contribution in [-0.4, -0.2) is 10.8 Å². The highest BCUT2D eigenvalue weighted by Crippen LogP contribution is 2.41. The molecule has 128 valence electrons. The molecular formula is C24H21NO. The van der Waals surface area contributed by atoms with Crippen LogP contribution in [0.2, 0.25) is 0 Å². The molecule has 3 aromatic rings. The van der Waals surface area contributed by atoms with E-state index in [1.165, 1.54) is 0 Å². The Hall–Kier alpha value is -3.18. The largest absolute Gasteiger partial charge is 0.298 e. The second-order valence-corrected chi connectivity index (χ2v) is 6.53. The first-order chi connectivity index (χ1) is 12.5. The van der Waals surface area contributed by atoms with Gasteiger partial charge in [0.25, 0.3) is 0 Å². The number of pyridine rings is 1. The number of terminal acetylenes is 1. The van der Waals surface area contributed by atoms with Gasteiger partial charge in [0.1, 0.15) is 11.2 Å². The number of carbonyl (C=O) groups is 1. The Morgan fingerprint density at radius 3 is 2.27 bits per heavy atom. The third-order valence-electron chi connectivity index (χ3n) is 4.89. The van der Waals surface area contributed by atoms with E-state index in [2.05, 4.69) is 10.9 Å². The Balaban J connectivity index is 2.42. The molecule has 0 N–H and O–H groups in total. The van der Waals surface area contributed by atoms with Crippen molar-refractivity contribution in [2.24, 2.45) is 0 Å². The molecule has 2 heteroatoms. The van der Waals surface area contributed by atoms with Crippen LogP contribution in [0, 0.1) is 26.2 Å². The molecule has 0 unspecified atom stereocenters. The van der Waals surface area contributed by atoms with E-state index in [-0.39, 0.29) is 5.78 Å². The maximum absolute atomic E-state index is 13.2. The second kappa shape index (κ2) is 6.98. The zero-order valence-corrected chi connectivity index (χ0v) is 15.3. The van der Waals surface area contributed by atoms with E-state index in [4.69, 9.17) is 6.42 Å². The SMILES string of the molecule is C#Cc1ccc([C@@](C(C)=O)(c2ccnc(C)c2)c2ccccc2C)cc1. The van der Waals surface area contributed by atoms with Crippen LogP contribution in [0.5, 0.6) is 0 Å². The molecule has 1 heterocycles. The highest BCUT2D eigenvalue weighted by molar-refractivity contribution is 5.96. The summed E-state index contributed by atoms with van der Waals surface area (Å²) in [4.78, 5) is 17.5. The van der Waals surface area contributed by atoms with Crippen molar-refractivity contribution in [3.63, 3.8) is 0 Å². The number of aromatic nitrogens is 1. The molecule has 0 saturated heterocycles. The number of ketones is 1. The quantitative estimate of drug-likeness (QED) is 0.650. The number of nitrogens with zero attached hydrogens (tertiary/aromatic N) is 1. The van der Waals surface area contributed by atoms with Gasteiger partial charge in [-0.1, -0.05) is 42.3 Å². The van der Waals surface area contributed by atoms with E-state index in [0.29, 0.717) is 0 Å². The molecule has 2 aromatic carbocycles. The maximum Gasteiger partial charge on any atom is 0.149 e. The topological polar surface area (TPSA) is 30.0 Å². The summed E-state index contributed by atoms with van der Waals surface area (Å²) in [6.45, 7) is 5.63. The van der Waals surface area contributed by atoms with Crippen LogP contribution in [0.3, 0.4) is 0 Å². The van der Waals surface area contributed by atoms with Crippen LogP contribution in [0.1, 0.15) is 40.4 Å². The third kappa shape index (κ3) is 2.82. The van der Waals surface area contributed by atoms with Crippen molar-refractivity contribution in [2.75, 3.05) is 0 Å². The zero-order valence-electron chi connectivity index (χ0n) is 15.3. The monoisotopic (exact) mass is 339 g/mol. The lowest BCUT2D eigenvalue weighted by molar-refractivity contribution is -0.119. The molecule has 0 bridgehead atoms. The average Bonchev–Trinajstić information content (AvgIpc) is 2.64. The van der Waals surface area contributed by atoms with Crippen molar-refractivity contribution in [1.29, 1.82) is 0 Å². The van der Waals surface area contributed by atoms with Gasteiger partial charge in [-0.05, 0) is 67.3 Å². The van der Waals surface area contributed by atoms with Crippen molar-refractivity contribution in [3.05, 3.63) is 100 Å². The van der Waals surface area contributed by atoms with Gasteiger partial charge in [0.15, 0.2) is 0 Å². The van der Waals surface area contributed by atoms with Gasteiger partial charge >= 0.3 is 0 Å². The first-order valence-electron chi connectivity index (χ1n) is 8.57. The van der Waals surface area contributed by atoms with Gasteiger partial charge in [-0.15, -0.1) is 6.42 Å². The molecule has 0 spiro atoms. The van der Waals surface area contributed by atoms with Crippen LogP contribution in [0.15, 0.2) is 66.9 Å². The Morgan fingerprint density at radius 1 is 1.00 bits per heavy atom. The highest BCUT2D eigenvalue weighted by Gasteiger charge is 2.42. The summed E-state index contributed by atoms with van der Waals surface area (Å²) in [6, 6.07) is 19.6. The molecule has 0 amide bonds. The van der Waals surface area contributed by atoms with Gasteiger partial charge in [0, 0.05) is 17.5 Å².